The van der Waals surface area contributed by atoms with E-state index in [0.717, 1.165) is 5.56 Å². The van der Waals surface area contributed by atoms with E-state index in [9.17, 15) is 0 Å². The summed E-state index contributed by atoms with van der Waals surface area (Å²) < 4.78 is 7.35. The van der Waals surface area contributed by atoms with Gasteiger partial charge in [0.15, 0.2) is 5.82 Å². The smallest absolute Gasteiger partial charge is 0.182 e. The van der Waals surface area contributed by atoms with E-state index < -0.39 is 0 Å². The molecule has 0 saturated heterocycles. The van der Waals surface area contributed by atoms with Crippen molar-refractivity contribution >= 4 is 17.3 Å². The molecule has 2 rings (SSSR count). The molecule has 1 aromatic carbocycles. The summed E-state index contributed by atoms with van der Waals surface area (Å²) in [6.07, 6.45) is 0. The molecule has 1 unspecified atom stereocenters. The van der Waals surface area contributed by atoms with Crippen LogP contribution in [-0.2, 0) is 4.74 Å². The summed E-state index contributed by atoms with van der Waals surface area (Å²) in [5, 5.41) is 12.6. The van der Waals surface area contributed by atoms with Crippen LogP contribution >= 0.6 is 11.6 Å². The van der Waals surface area contributed by atoms with Gasteiger partial charge in [0.2, 0.25) is 0 Å². The second-order valence-electron chi connectivity index (χ2n) is 5.15. The van der Waals surface area contributed by atoms with Crippen LogP contribution in [0.15, 0.2) is 18.2 Å². The van der Waals surface area contributed by atoms with Crippen molar-refractivity contribution in [1.82, 2.24) is 20.2 Å². The van der Waals surface area contributed by atoms with Crippen LogP contribution < -0.4 is 5.73 Å². The Morgan fingerprint density at radius 2 is 2.14 bits per heavy atom. The number of nitrogens with zero attached hydrogens (tertiary/aromatic N) is 4. The van der Waals surface area contributed by atoms with E-state index in [1.54, 1.807) is 16.8 Å². The first-order chi connectivity index (χ1) is 10.0. The van der Waals surface area contributed by atoms with E-state index in [-0.39, 0.29) is 6.04 Å². The Bertz CT molecular complexity index is 599. The second kappa shape index (κ2) is 6.87. The Hall–Kier alpha value is -1.66. The molecule has 0 aliphatic rings. The maximum Gasteiger partial charge on any atom is 0.182 e. The lowest BCUT2D eigenvalue weighted by molar-refractivity contribution is 0.0913. The normalized spacial score (nSPS) is 12.8. The first kappa shape index (κ1) is 15.7. The summed E-state index contributed by atoms with van der Waals surface area (Å²) in [7, 11) is 0. The molecule has 2 aromatic rings. The number of halogens is 1. The van der Waals surface area contributed by atoms with E-state index in [1.165, 1.54) is 0 Å². The van der Waals surface area contributed by atoms with Crippen LogP contribution in [-0.4, -0.2) is 33.4 Å². The van der Waals surface area contributed by atoms with Crippen LogP contribution in [0.25, 0.3) is 11.4 Å². The van der Waals surface area contributed by atoms with Gasteiger partial charge in [0.05, 0.1) is 23.4 Å². The van der Waals surface area contributed by atoms with E-state index in [2.05, 4.69) is 29.4 Å². The van der Waals surface area contributed by atoms with E-state index in [4.69, 9.17) is 22.1 Å². The molecular formula is C14H20ClN5O. The maximum atomic E-state index is 5.96. The van der Waals surface area contributed by atoms with Gasteiger partial charge in [0.1, 0.15) is 0 Å². The number of nitrogens with two attached hydrogens (primary N) is 1. The molecule has 0 aliphatic heterocycles. The third-order valence-electron chi connectivity index (χ3n) is 3.32. The Kier molecular flexibility index (Phi) is 5.14. The standard InChI is InChI=1S/C14H20ClN5O/c1-4-21-8-13(9(2)3)20-14(17-18-19-20)10-5-6-11(15)12(16)7-10/h5-7,9,13H,4,8,16H2,1-3H3. The first-order valence-electron chi connectivity index (χ1n) is 6.95. The Morgan fingerprint density at radius 1 is 1.38 bits per heavy atom. The van der Waals surface area contributed by atoms with Crippen LogP contribution in [0.4, 0.5) is 5.69 Å². The monoisotopic (exact) mass is 309 g/mol. The molecule has 0 aliphatic carbocycles. The molecule has 114 valence electrons. The van der Waals surface area contributed by atoms with Crippen LogP contribution in [0.3, 0.4) is 0 Å². The first-order valence-corrected chi connectivity index (χ1v) is 7.33. The number of tetrazole rings is 1. The number of ether oxygens (including phenoxy) is 1. The van der Waals surface area contributed by atoms with Crippen LogP contribution in [0.1, 0.15) is 26.8 Å². The van der Waals surface area contributed by atoms with Gasteiger partial charge in [-0.2, -0.15) is 0 Å². The predicted molar refractivity (Wildman–Crippen MR) is 83.0 cm³/mol. The summed E-state index contributed by atoms with van der Waals surface area (Å²) in [5.41, 5.74) is 7.20. The number of anilines is 1. The van der Waals surface area contributed by atoms with Crippen molar-refractivity contribution < 1.29 is 4.74 Å². The highest BCUT2D eigenvalue weighted by Crippen LogP contribution is 2.28. The number of hydrogen-bond acceptors (Lipinski definition) is 5. The fourth-order valence-corrected chi connectivity index (χ4v) is 2.19. The topological polar surface area (TPSA) is 78.8 Å². The SMILES string of the molecule is CCOCC(C(C)C)n1nnnc1-c1ccc(Cl)c(N)c1. The zero-order chi connectivity index (χ0) is 15.4. The Morgan fingerprint density at radius 3 is 2.76 bits per heavy atom. The Labute approximate surface area is 129 Å². The van der Waals surface area contributed by atoms with E-state index in [0.29, 0.717) is 35.7 Å². The number of aromatic nitrogens is 4. The lowest BCUT2D eigenvalue weighted by atomic mass is 10.0. The highest BCUT2D eigenvalue weighted by molar-refractivity contribution is 6.33. The predicted octanol–water partition coefficient (Wildman–Crippen LogP) is 2.81. The van der Waals surface area contributed by atoms with Gasteiger partial charge in [-0.25, -0.2) is 4.68 Å². The zero-order valence-corrected chi connectivity index (χ0v) is 13.2. The summed E-state index contributed by atoms with van der Waals surface area (Å²) in [6.45, 7) is 7.43. The summed E-state index contributed by atoms with van der Waals surface area (Å²) in [6, 6.07) is 5.45. The van der Waals surface area contributed by atoms with Crippen molar-refractivity contribution in [2.24, 2.45) is 5.92 Å². The van der Waals surface area contributed by atoms with Gasteiger partial charge in [0, 0.05) is 12.2 Å². The molecular weight excluding hydrogens is 290 g/mol. The fourth-order valence-electron chi connectivity index (χ4n) is 2.07. The van der Waals surface area contributed by atoms with Crippen molar-refractivity contribution in [3.05, 3.63) is 23.2 Å². The largest absolute Gasteiger partial charge is 0.398 e. The average molecular weight is 310 g/mol. The molecule has 21 heavy (non-hydrogen) atoms. The number of nitrogen functional groups attached to an aromatic ring is 1. The van der Waals surface area contributed by atoms with Crippen LogP contribution in [0.2, 0.25) is 5.02 Å². The van der Waals surface area contributed by atoms with Crippen molar-refractivity contribution in [3.63, 3.8) is 0 Å². The molecule has 1 atom stereocenters. The quantitative estimate of drug-likeness (QED) is 0.830. The summed E-state index contributed by atoms with van der Waals surface area (Å²) in [4.78, 5) is 0. The minimum Gasteiger partial charge on any atom is -0.398 e. The van der Waals surface area contributed by atoms with Gasteiger partial charge >= 0.3 is 0 Å². The zero-order valence-electron chi connectivity index (χ0n) is 12.5. The molecule has 1 aromatic heterocycles. The molecule has 2 N–H and O–H groups in total. The number of hydrogen-bond donors (Lipinski definition) is 1. The average Bonchev–Trinajstić information content (AvgIpc) is 2.91. The molecule has 0 bridgehead atoms. The molecule has 0 fully saturated rings. The lowest BCUT2D eigenvalue weighted by Gasteiger charge is -2.21. The van der Waals surface area contributed by atoms with E-state index in [1.807, 2.05) is 13.0 Å². The van der Waals surface area contributed by atoms with Gasteiger partial charge in [0.25, 0.3) is 0 Å². The summed E-state index contributed by atoms with van der Waals surface area (Å²) >= 11 is 5.96. The van der Waals surface area contributed by atoms with Crippen molar-refractivity contribution in [3.8, 4) is 11.4 Å². The summed E-state index contributed by atoms with van der Waals surface area (Å²) in [5.74, 6) is 1.00. The highest BCUT2D eigenvalue weighted by Gasteiger charge is 2.22. The van der Waals surface area contributed by atoms with Crippen molar-refractivity contribution in [2.45, 2.75) is 26.8 Å². The number of rotatable bonds is 6. The third-order valence-corrected chi connectivity index (χ3v) is 3.67. The molecule has 0 spiro atoms. The van der Waals surface area contributed by atoms with E-state index >= 15 is 0 Å². The van der Waals surface area contributed by atoms with Gasteiger partial charge in [-0.15, -0.1) is 5.10 Å². The van der Waals surface area contributed by atoms with Gasteiger partial charge in [-0.1, -0.05) is 25.4 Å². The molecule has 0 amide bonds. The van der Waals surface area contributed by atoms with Crippen molar-refractivity contribution in [1.29, 1.82) is 0 Å². The van der Waals surface area contributed by atoms with Crippen molar-refractivity contribution in [2.75, 3.05) is 18.9 Å². The minimum absolute atomic E-state index is 0.0619. The Balaban J connectivity index is 2.38. The fraction of sp³-hybridized carbons (Fsp3) is 0.500. The molecule has 0 saturated carbocycles. The third kappa shape index (κ3) is 3.51. The molecule has 6 nitrogen and oxygen atoms in total. The van der Waals surface area contributed by atoms with Gasteiger partial charge < -0.3 is 10.5 Å². The second-order valence-corrected chi connectivity index (χ2v) is 5.56. The minimum atomic E-state index is 0.0619. The van der Waals surface area contributed by atoms with Crippen LogP contribution in [0.5, 0.6) is 0 Å². The molecule has 0 radical (unpaired) electrons. The lowest BCUT2D eigenvalue weighted by Crippen LogP contribution is -2.23. The number of benzene rings is 1. The van der Waals surface area contributed by atoms with Crippen LogP contribution in [0, 0.1) is 5.92 Å². The van der Waals surface area contributed by atoms with Gasteiger partial charge in [-0.3, -0.25) is 0 Å². The molecule has 7 heteroatoms. The molecule has 1 heterocycles. The highest BCUT2D eigenvalue weighted by atomic mass is 35.5. The maximum absolute atomic E-state index is 5.96. The van der Waals surface area contributed by atoms with Gasteiger partial charge in [-0.05, 0) is 41.5 Å².